The minimum Gasteiger partial charge on any atom is -0.336 e. The molecular weight excluding hydrogens is 520 g/mol. The molecule has 0 saturated carbocycles. The number of carbonyl (C=O) groups excluding carboxylic acids is 2. The van der Waals surface area contributed by atoms with E-state index in [-0.39, 0.29) is 23.7 Å². The van der Waals surface area contributed by atoms with Crippen molar-refractivity contribution in [1.82, 2.24) is 4.98 Å². The maximum Gasteiger partial charge on any atom is 0.425 e. The molecule has 37 heavy (non-hydrogen) atoms. The lowest BCUT2D eigenvalue weighted by atomic mass is 9.72. The van der Waals surface area contributed by atoms with Gasteiger partial charge in [0.05, 0.1) is 21.4 Å². The van der Waals surface area contributed by atoms with Crippen LogP contribution in [0.2, 0.25) is 0 Å². The third kappa shape index (κ3) is 3.97. The zero-order valence-corrected chi connectivity index (χ0v) is 20.2. The first-order valence-electron chi connectivity index (χ1n) is 11.1. The summed E-state index contributed by atoms with van der Waals surface area (Å²) >= 11 is 0.868. The Balaban J connectivity index is 1.74. The minimum absolute atomic E-state index is 0.130. The Kier molecular flexibility index (Phi) is 5.49. The summed E-state index contributed by atoms with van der Waals surface area (Å²) in [5.74, 6) is -2.50. The lowest BCUT2D eigenvalue weighted by Gasteiger charge is -2.35. The van der Waals surface area contributed by atoms with Gasteiger partial charge < -0.3 is 5.32 Å². The van der Waals surface area contributed by atoms with Crippen molar-refractivity contribution in [3.8, 4) is 0 Å². The lowest BCUT2D eigenvalue weighted by molar-refractivity contribution is -0.176. The average molecular weight is 540 g/mol. The molecule has 194 valence electrons. The van der Waals surface area contributed by atoms with Gasteiger partial charge in [-0.15, -0.1) is 0 Å². The topological polar surface area (TPSA) is 62.3 Å². The van der Waals surface area contributed by atoms with Crippen LogP contribution in [0.3, 0.4) is 0 Å². The molecule has 2 aromatic carbocycles. The SMILES string of the molecule is CC1(C)CC(=O)C2=C(C1)N(c1cccc(C(F)(F)F)c1)C(=O)C2(Nc1nc2ccccc2s1)C(F)(F)F. The van der Waals surface area contributed by atoms with Gasteiger partial charge >= 0.3 is 12.4 Å². The number of rotatable bonds is 3. The third-order valence-electron chi connectivity index (χ3n) is 6.47. The van der Waals surface area contributed by atoms with Crippen LogP contribution in [0.4, 0.5) is 37.2 Å². The Morgan fingerprint density at radius 2 is 1.68 bits per heavy atom. The highest BCUT2D eigenvalue weighted by Crippen LogP contribution is 2.54. The molecule has 1 aliphatic heterocycles. The first-order chi connectivity index (χ1) is 17.1. The monoisotopic (exact) mass is 539 g/mol. The number of anilines is 2. The number of benzene rings is 2. The number of aromatic nitrogens is 1. The zero-order chi connectivity index (χ0) is 27.0. The Morgan fingerprint density at radius 1 is 0.973 bits per heavy atom. The molecule has 5 rings (SSSR count). The predicted octanol–water partition coefficient (Wildman–Crippen LogP) is 6.72. The van der Waals surface area contributed by atoms with Crippen LogP contribution in [0, 0.1) is 5.41 Å². The van der Waals surface area contributed by atoms with Crippen LogP contribution in [0.15, 0.2) is 59.8 Å². The number of alkyl halides is 6. The molecule has 1 unspecified atom stereocenters. The van der Waals surface area contributed by atoms with E-state index < -0.39 is 51.8 Å². The van der Waals surface area contributed by atoms with E-state index in [1.807, 2.05) is 0 Å². The molecule has 0 radical (unpaired) electrons. The third-order valence-corrected chi connectivity index (χ3v) is 7.42. The van der Waals surface area contributed by atoms with Gasteiger partial charge in [-0.05, 0) is 42.2 Å². The molecule has 1 aliphatic carbocycles. The number of carbonyl (C=O) groups is 2. The Labute approximate surface area is 210 Å². The molecule has 1 aromatic heterocycles. The molecule has 1 amide bonds. The standard InChI is InChI=1S/C25H19F6N3O2S/c1-22(2)11-16-19(17(35)12-22)23(25(29,30)31,33-21-32-15-8-3-4-9-18(15)37-21)20(36)34(16)14-7-5-6-13(10-14)24(26,27)28/h3-10H,11-12H2,1-2H3,(H,32,33). The summed E-state index contributed by atoms with van der Waals surface area (Å²) in [5, 5.41) is 1.98. The highest BCUT2D eigenvalue weighted by Gasteiger charge is 2.71. The lowest BCUT2D eigenvalue weighted by Crippen LogP contribution is -2.61. The summed E-state index contributed by atoms with van der Waals surface area (Å²) in [6, 6.07) is 10.0. The van der Waals surface area contributed by atoms with Gasteiger partial charge in [0.15, 0.2) is 10.9 Å². The second-order valence-corrected chi connectivity index (χ2v) is 10.8. The second-order valence-electron chi connectivity index (χ2n) is 9.81. The van der Waals surface area contributed by atoms with E-state index >= 15 is 13.2 Å². The van der Waals surface area contributed by atoms with E-state index in [4.69, 9.17) is 0 Å². The second kappa shape index (κ2) is 8.04. The van der Waals surface area contributed by atoms with Crippen molar-refractivity contribution in [3.05, 3.63) is 65.4 Å². The number of fused-ring (bicyclic) bond motifs is 1. The molecule has 5 nitrogen and oxygen atoms in total. The number of nitrogens with zero attached hydrogens (tertiary/aromatic N) is 2. The predicted molar refractivity (Wildman–Crippen MR) is 126 cm³/mol. The molecule has 3 aromatic rings. The van der Waals surface area contributed by atoms with Crippen molar-refractivity contribution in [2.24, 2.45) is 5.41 Å². The summed E-state index contributed by atoms with van der Waals surface area (Å²) in [7, 11) is 0. The van der Waals surface area contributed by atoms with E-state index in [0.29, 0.717) is 21.2 Å². The molecule has 1 N–H and O–H groups in total. The fourth-order valence-electron chi connectivity index (χ4n) is 4.93. The number of hydrogen-bond acceptors (Lipinski definition) is 5. The number of ketones is 1. The Morgan fingerprint density at radius 3 is 2.32 bits per heavy atom. The smallest absolute Gasteiger partial charge is 0.336 e. The number of amides is 1. The molecule has 0 spiro atoms. The summed E-state index contributed by atoms with van der Waals surface area (Å²) in [6.45, 7) is 3.30. The van der Waals surface area contributed by atoms with E-state index in [2.05, 4.69) is 10.3 Å². The Bertz CT molecular complexity index is 1440. The molecule has 12 heteroatoms. The molecule has 2 aliphatic rings. The molecular formula is C25H19F6N3O2S. The van der Waals surface area contributed by atoms with Crippen LogP contribution in [0.25, 0.3) is 10.2 Å². The van der Waals surface area contributed by atoms with Gasteiger partial charge in [0.1, 0.15) is 0 Å². The van der Waals surface area contributed by atoms with Crippen LogP contribution in [-0.4, -0.2) is 28.4 Å². The van der Waals surface area contributed by atoms with E-state index in [9.17, 15) is 22.8 Å². The zero-order valence-electron chi connectivity index (χ0n) is 19.4. The normalized spacial score (nSPS) is 22.1. The van der Waals surface area contributed by atoms with Crippen LogP contribution in [0.1, 0.15) is 32.3 Å². The number of para-hydroxylation sites is 1. The van der Waals surface area contributed by atoms with Crippen molar-refractivity contribution < 1.29 is 35.9 Å². The fraction of sp³-hybridized carbons (Fsp3) is 0.320. The van der Waals surface area contributed by atoms with Crippen LogP contribution in [-0.2, 0) is 15.8 Å². The molecule has 0 saturated heterocycles. The van der Waals surface area contributed by atoms with E-state index in [0.717, 1.165) is 29.5 Å². The number of thiazole rings is 1. The number of hydrogen-bond donors (Lipinski definition) is 1. The number of nitrogens with one attached hydrogen (secondary N) is 1. The van der Waals surface area contributed by atoms with Gasteiger partial charge in [-0.2, -0.15) is 26.3 Å². The minimum atomic E-state index is -5.32. The van der Waals surface area contributed by atoms with Crippen molar-refractivity contribution in [2.45, 2.75) is 44.6 Å². The maximum absolute atomic E-state index is 15.0. The average Bonchev–Trinajstić information content (AvgIpc) is 3.28. The van der Waals surface area contributed by atoms with Crippen LogP contribution in [0.5, 0.6) is 0 Å². The van der Waals surface area contributed by atoms with Gasteiger partial charge in [0.25, 0.3) is 5.91 Å². The first-order valence-corrected chi connectivity index (χ1v) is 11.9. The highest BCUT2D eigenvalue weighted by atomic mass is 32.1. The fourth-order valence-corrected chi connectivity index (χ4v) is 5.85. The van der Waals surface area contributed by atoms with Crippen molar-refractivity contribution in [1.29, 1.82) is 0 Å². The number of allylic oxidation sites excluding steroid dienone is 1. The molecule has 0 fully saturated rings. The summed E-state index contributed by atoms with van der Waals surface area (Å²) in [4.78, 5) is 31.9. The summed E-state index contributed by atoms with van der Waals surface area (Å²) in [6.07, 6.45) is -10.5. The van der Waals surface area contributed by atoms with Gasteiger partial charge in [-0.25, -0.2) is 4.98 Å². The highest BCUT2D eigenvalue weighted by molar-refractivity contribution is 7.22. The van der Waals surface area contributed by atoms with Crippen molar-refractivity contribution in [2.75, 3.05) is 10.2 Å². The van der Waals surface area contributed by atoms with Crippen molar-refractivity contribution >= 4 is 44.1 Å². The van der Waals surface area contributed by atoms with Crippen LogP contribution >= 0.6 is 11.3 Å². The molecule has 1 atom stereocenters. The van der Waals surface area contributed by atoms with Gasteiger partial charge in [-0.1, -0.05) is 43.4 Å². The molecule has 0 bridgehead atoms. The maximum atomic E-state index is 15.0. The van der Waals surface area contributed by atoms with Crippen molar-refractivity contribution in [3.63, 3.8) is 0 Å². The first kappa shape index (κ1) is 25.2. The Hall–Kier alpha value is -3.41. The van der Waals surface area contributed by atoms with Gasteiger partial charge in [-0.3, -0.25) is 14.5 Å². The van der Waals surface area contributed by atoms with Crippen LogP contribution < -0.4 is 10.2 Å². The van der Waals surface area contributed by atoms with Gasteiger partial charge in [0, 0.05) is 17.8 Å². The molecule has 2 heterocycles. The van der Waals surface area contributed by atoms with E-state index in [1.54, 1.807) is 38.1 Å². The van der Waals surface area contributed by atoms with E-state index in [1.165, 1.54) is 0 Å². The largest absolute Gasteiger partial charge is 0.425 e. The number of halogens is 6. The quantitative estimate of drug-likeness (QED) is 0.376. The number of Topliss-reactive ketones (excluding diaryl/α,β-unsaturated/α-hetero) is 1. The summed E-state index contributed by atoms with van der Waals surface area (Å²) < 4.78 is 85.9. The summed E-state index contributed by atoms with van der Waals surface area (Å²) in [5.41, 5.74) is -6.57. The van der Waals surface area contributed by atoms with Gasteiger partial charge in [0.2, 0.25) is 5.54 Å².